The maximum Gasteiger partial charge on any atom is 0.0490 e. The molecule has 0 aromatic heterocycles. The zero-order valence-electron chi connectivity index (χ0n) is 18.2. The van der Waals surface area contributed by atoms with Crippen molar-refractivity contribution in [2.24, 2.45) is 0 Å². The van der Waals surface area contributed by atoms with E-state index < -0.39 is 0 Å². The summed E-state index contributed by atoms with van der Waals surface area (Å²) in [5, 5.41) is 0.794. The molecule has 2 aromatic carbocycles. The Hall–Kier alpha value is -1.90. The highest BCUT2D eigenvalue weighted by molar-refractivity contribution is 8.77. The molecule has 0 aliphatic heterocycles. The Balaban J connectivity index is 1.63. The molecule has 4 atom stereocenters. The van der Waals surface area contributed by atoms with Crippen LogP contribution in [-0.4, -0.2) is 10.5 Å². The molecule has 2 aliphatic rings. The normalized spacial score (nSPS) is 30.7. The van der Waals surface area contributed by atoms with Gasteiger partial charge in [-0.3, -0.25) is 0 Å². The summed E-state index contributed by atoms with van der Waals surface area (Å²) in [6, 6.07) is 21.9. The molecule has 0 saturated carbocycles. The second-order valence-corrected chi connectivity index (χ2v) is 11.3. The third kappa shape index (κ3) is 3.88. The number of hydrogen-bond acceptors (Lipinski definition) is 2. The van der Waals surface area contributed by atoms with E-state index in [-0.39, 0.29) is 10.8 Å². The molecule has 0 N–H and O–H groups in total. The lowest BCUT2D eigenvalue weighted by molar-refractivity contribution is 0.593. The predicted molar refractivity (Wildman–Crippen MR) is 136 cm³/mol. The lowest BCUT2D eigenvalue weighted by Gasteiger charge is -2.41. The van der Waals surface area contributed by atoms with E-state index in [4.69, 9.17) is 0 Å². The summed E-state index contributed by atoms with van der Waals surface area (Å²) in [6.45, 7) is 9.33. The molecule has 0 radical (unpaired) electrons. The van der Waals surface area contributed by atoms with Gasteiger partial charge in [0.15, 0.2) is 0 Å². The molecule has 0 bridgehead atoms. The summed E-state index contributed by atoms with van der Waals surface area (Å²) < 4.78 is 0. The van der Waals surface area contributed by atoms with Gasteiger partial charge in [-0.05, 0) is 25.0 Å². The van der Waals surface area contributed by atoms with E-state index in [1.165, 1.54) is 22.3 Å². The fourth-order valence-corrected chi connectivity index (χ4v) is 8.94. The van der Waals surface area contributed by atoms with E-state index in [1.54, 1.807) is 0 Å². The Morgan fingerprint density at radius 2 is 0.967 bits per heavy atom. The highest BCUT2D eigenvalue weighted by Gasteiger charge is 2.41. The summed E-state index contributed by atoms with van der Waals surface area (Å²) in [5.41, 5.74) is 5.62. The maximum absolute atomic E-state index is 2.38. The van der Waals surface area contributed by atoms with E-state index in [0.717, 1.165) is 0 Å². The molecule has 30 heavy (non-hydrogen) atoms. The van der Waals surface area contributed by atoms with Crippen LogP contribution in [0.4, 0.5) is 0 Å². The molecular weight excluding hydrogens is 400 g/mol. The number of rotatable bonds is 5. The molecular formula is C28H30S2. The summed E-state index contributed by atoms with van der Waals surface area (Å²) in [6.07, 6.45) is 13.8. The van der Waals surface area contributed by atoms with Gasteiger partial charge >= 0.3 is 0 Å². The summed E-state index contributed by atoms with van der Waals surface area (Å²) in [7, 11) is 4.07. The quantitative estimate of drug-likeness (QED) is 0.440. The molecule has 154 valence electrons. The number of hydrogen-bond donors (Lipinski definition) is 0. The Morgan fingerprint density at radius 3 is 1.33 bits per heavy atom. The molecule has 4 unspecified atom stereocenters. The van der Waals surface area contributed by atoms with Crippen molar-refractivity contribution in [2.75, 3.05) is 0 Å². The number of benzene rings is 2. The van der Waals surface area contributed by atoms with Crippen LogP contribution < -0.4 is 0 Å². The lowest BCUT2D eigenvalue weighted by atomic mass is 9.74. The van der Waals surface area contributed by atoms with Crippen molar-refractivity contribution < 1.29 is 0 Å². The van der Waals surface area contributed by atoms with Crippen molar-refractivity contribution in [1.29, 1.82) is 0 Å². The zero-order chi connectivity index (χ0) is 21.2. The average molecular weight is 431 g/mol. The first kappa shape index (κ1) is 21.3. The largest absolute Gasteiger partial charge is 0.0843 e. The maximum atomic E-state index is 2.38. The molecule has 2 aliphatic carbocycles. The Bertz CT molecular complexity index is 916. The first-order chi connectivity index (χ1) is 14.4. The van der Waals surface area contributed by atoms with E-state index in [1.807, 2.05) is 21.6 Å². The van der Waals surface area contributed by atoms with E-state index in [0.29, 0.717) is 10.5 Å². The summed E-state index contributed by atoms with van der Waals surface area (Å²) in [4.78, 5) is 0. The van der Waals surface area contributed by atoms with Crippen molar-refractivity contribution in [3.63, 3.8) is 0 Å². The molecule has 0 heterocycles. The van der Waals surface area contributed by atoms with Crippen LogP contribution >= 0.6 is 21.6 Å². The van der Waals surface area contributed by atoms with Crippen molar-refractivity contribution >= 4 is 21.6 Å². The molecule has 2 aromatic rings. The fraction of sp³-hybridized carbons (Fsp3) is 0.286. The topological polar surface area (TPSA) is 0 Å². The van der Waals surface area contributed by atoms with Gasteiger partial charge in [0.05, 0.1) is 0 Å². The van der Waals surface area contributed by atoms with Crippen molar-refractivity contribution in [1.82, 2.24) is 0 Å². The van der Waals surface area contributed by atoms with E-state index in [2.05, 4.69) is 125 Å². The molecule has 0 spiro atoms. The average Bonchev–Trinajstić information content (AvgIpc) is 2.76. The van der Waals surface area contributed by atoms with Crippen LogP contribution in [0.3, 0.4) is 0 Å². The first-order valence-electron chi connectivity index (χ1n) is 10.6. The van der Waals surface area contributed by atoms with Gasteiger partial charge in [0, 0.05) is 21.3 Å². The second kappa shape index (κ2) is 8.69. The van der Waals surface area contributed by atoms with Gasteiger partial charge in [0.1, 0.15) is 0 Å². The van der Waals surface area contributed by atoms with Gasteiger partial charge in [-0.2, -0.15) is 0 Å². The Kier molecular flexibility index (Phi) is 6.18. The van der Waals surface area contributed by atoms with E-state index >= 15 is 0 Å². The van der Waals surface area contributed by atoms with Crippen molar-refractivity contribution in [3.8, 4) is 0 Å². The van der Waals surface area contributed by atoms with Crippen LogP contribution in [0, 0.1) is 0 Å². The van der Waals surface area contributed by atoms with Gasteiger partial charge in [-0.25, -0.2) is 0 Å². The summed E-state index contributed by atoms with van der Waals surface area (Å²) in [5.74, 6) is 0. The van der Waals surface area contributed by atoms with Gasteiger partial charge in [0.25, 0.3) is 0 Å². The fourth-order valence-electron chi connectivity index (χ4n) is 4.65. The first-order valence-corrected chi connectivity index (χ1v) is 12.9. The smallest absolute Gasteiger partial charge is 0.0490 e. The molecule has 2 heteroatoms. The minimum atomic E-state index is -0.0109. The van der Waals surface area contributed by atoms with Gasteiger partial charge in [-0.1, -0.05) is 144 Å². The van der Waals surface area contributed by atoms with Crippen LogP contribution in [-0.2, 0) is 10.8 Å². The predicted octanol–water partition coefficient (Wildman–Crippen LogP) is 8.05. The Morgan fingerprint density at radius 1 is 0.600 bits per heavy atom. The van der Waals surface area contributed by atoms with Crippen molar-refractivity contribution in [2.45, 2.75) is 49.0 Å². The highest BCUT2D eigenvalue weighted by Crippen LogP contribution is 2.53. The highest BCUT2D eigenvalue weighted by atomic mass is 33.1. The van der Waals surface area contributed by atoms with Gasteiger partial charge in [0.2, 0.25) is 0 Å². The van der Waals surface area contributed by atoms with Crippen LogP contribution in [0.2, 0.25) is 0 Å². The third-order valence-electron chi connectivity index (χ3n) is 6.56. The molecule has 0 nitrogen and oxygen atoms in total. The van der Waals surface area contributed by atoms with Crippen LogP contribution in [0.1, 0.15) is 38.8 Å². The van der Waals surface area contributed by atoms with Crippen LogP contribution in [0.15, 0.2) is 108 Å². The van der Waals surface area contributed by atoms with Gasteiger partial charge < -0.3 is 0 Å². The van der Waals surface area contributed by atoms with Crippen molar-refractivity contribution in [3.05, 3.63) is 119 Å². The standard InChI is InChI=1S/C28H30S2/c1-21-13-11-19-27(3,23-15-7-5-8-16-23)25(21)29-30-26-22(2)14-12-20-28(26,4)24-17-9-6-10-18-24/h5-20,25-26H,1-4H3. The molecule has 0 saturated heterocycles. The third-order valence-corrected chi connectivity index (χ3v) is 10.3. The molecule has 4 rings (SSSR count). The Labute approximate surface area is 189 Å². The molecule has 0 amide bonds. The molecule has 0 fully saturated rings. The minimum Gasteiger partial charge on any atom is -0.0843 e. The minimum absolute atomic E-state index is 0.0109. The van der Waals surface area contributed by atoms with E-state index in [9.17, 15) is 0 Å². The van der Waals surface area contributed by atoms with Crippen LogP contribution in [0.25, 0.3) is 0 Å². The van der Waals surface area contributed by atoms with Gasteiger partial charge in [-0.15, -0.1) is 0 Å². The SMILES string of the molecule is CC1=CC=CC(C)(c2ccccc2)C1SSC1C(C)=CC=CC1(C)c1ccccc1. The second-order valence-electron chi connectivity index (χ2n) is 8.79. The lowest BCUT2D eigenvalue weighted by Crippen LogP contribution is -2.37. The van der Waals surface area contributed by atoms with Crippen LogP contribution in [0.5, 0.6) is 0 Å². The monoisotopic (exact) mass is 430 g/mol. The summed E-state index contributed by atoms with van der Waals surface area (Å²) >= 11 is 0. The number of allylic oxidation sites excluding steroid dienone is 6. The zero-order valence-corrected chi connectivity index (χ0v) is 19.8.